The van der Waals surface area contributed by atoms with E-state index in [-0.39, 0.29) is 5.38 Å². The molecule has 0 bridgehead atoms. The van der Waals surface area contributed by atoms with Gasteiger partial charge in [-0.1, -0.05) is 23.7 Å². The van der Waals surface area contributed by atoms with Crippen molar-refractivity contribution >= 4 is 50.5 Å². The molecule has 0 aliphatic rings. The second kappa shape index (κ2) is 5.75. The van der Waals surface area contributed by atoms with Crippen LogP contribution in [-0.2, 0) is 6.42 Å². The number of alkyl halides is 1. The lowest BCUT2D eigenvalue weighted by Gasteiger charge is -2.09. The monoisotopic (exact) mass is 348 g/mol. The molecule has 1 atom stereocenters. The second-order valence-electron chi connectivity index (χ2n) is 3.86. The summed E-state index contributed by atoms with van der Waals surface area (Å²) >= 11 is 17.6. The summed E-state index contributed by atoms with van der Waals surface area (Å²) < 4.78 is 1.13. The molecular weight excluding hydrogens is 339 g/mol. The summed E-state index contributed by atoms with van der Waals surface area (Å²) in [5, 5.41) is 0.755. The van der Waals surface area contributed by atoms with Gasteiger partial charge in [0.05, 0.1) is 9.16 Å². The zero-order valence-electron chi connectivity index (χ0n) is 9.21. The van der Waals surface area contributed by atoms with E-state index in [9.17, 15) is 0 Å². The van der Waals surface area contributed by atoms with Crippen molar-refractivity contribution in [3.8, 4) is 0 Å². The smallest absolute Gasteiger partial charge is 0.0704 e. The Kier molecular flexibility index (Phi) is 4.53. The van der Waals surface area contributed by atoms with Gasteiger partial charge in [0, 0.05) is 9.90 Å². The Balaban J connectivity index is 2.16. The normalized spacial score (nSPS) is 12.7. The third-order valence-electron chi connectivity index (χ3n) is 2.57. The lowest BCUT2D eigenvalue weighted by molar-refractivity contribution is 0.917. The van der Waals surface area contributed by atoms with Gasteiger partial charge >= 0.3 is 0 Å². The molecule has 17 heavy (non-hydrogen) atoms. The van der Waals surface area contributed by atoms with Crippen molar-refractivity contribution in [1.29, 1.82) is 0 Å². The zero-order valence-corrected chi connectivity index (χ0v) is 13.1. The predicted molar refractivity (Wildman–Crippen MR) is 80.5 cm³/mol. The average Bonchev–Trinajstić information content (AvgIpc) is 2.58. The summed E-state index contributed by atoms with van der Waals surface area (Å²) in [6.07, 6.45) is 0.798. The van der Waals surface area contributed by atoms with Crippen LogP contribution in [0.3, 0.4) is 0 Å². The molecule has 1 unspecified atom stereocenters. The van der Waals surface area contributed by atoms with Crippen molar-refractivity contribution in [2.24, 2.45) is 0 Å². The van der Waals surface area contributed by atoms with Gasteiger partial charge in [0.25, 0.3) is 0 Å². The van der Waals surface area contributed by atoms with E-state index in [0.29, 0.717) is 0 Å². The summed E-state index contributed by atoms with van der Waals surface area (Å²) in [6.45, 7) is 2.10. The van der Waals surface area contributed by atoms with Crippen LogP contribution in [0.25, 0.3) is 0 Å². The van der Waals surface area contributed by atoms with E-state index in [0.717, 1.165) is 15.2 Å². The van der Waals surface area contributed by atoms with E-state index in [1.54, 1.807) is 11.3 Å². The average molecular weight is 350 g/mol. The van der Waals surface area contributed by atoms with Gasteiger partial charge in [0.15, 0.2) is 0 Å². The summed E-state index contributed by atoms with van der Waals surface area (Å²) in [6, 6.07) is 9.95. The molecule has 4 heteroatoms. The molecule has 0 aliphatic carbocycles. The highest BCUT2D eigenvalue weighted by Crippen LogP contribution is 2.35. The number of hydrogen-bond acceptors (Lipinski definition) is 1. The van der Waals surface area contributed by atoms with Crippen molar-refractivity contribution in [2.75, 3.05) is 0 Å². The Hall–Kier alpha value is -0.0200. The molecule has 0 radical (unpaired) electrons. The van der Waals surface area contributed by atoms with Gasteiger partial charge in [-0.3, -0.25) is 0 Å². The number of benzene rings is 1. The molecule has 0 saturated carbocycles. The maximum absolute atomic E-state index is 6.45. The highest BCUT2D eigenvalue weighted by molar-refractivity contribution is 9.11. The third-order valence-corrected chi connectivity index (χ3v) is 4.76. The van der Waals surface area contributed by atoms with Crippen LogP contribution in [0.4, 0.5) is 0 Å². The fourth-order valence-electron chi connectivity index (χ4n) is 1.75. The van der Waals surface area contributed by atoms with Crippen LogP contribution in [0.1, 0.15) is 21.4 Å². The van der Waals surface area contributed by atoms with Crippen LogP contribution in [0.5, 0.6) is 0 Å². The molecule has 2 rings (SSSR count). The quantitative estimate of drug-likeness (QED) is 0.596. The van der Waals surface area contributed by atoms with Crippen LogP contribution in [0.2, 0.25) is 5.02 Å². The van der Waals surface area contributed by atoms with Gasteiger partial charge in [-0.05, 0) is 58.6 Å². The van der Waals surface area contributed by atoms with Gasteiger partial charge in [0.1, 0.15) is 0 Å². The Morgan fingerprint density at radius 3 is 2.71 bits per heavy atom. The van der Waals surface area contributed by atoms with Crippen LogP contribution >= 0.6 is 50.5 Å². The molecular formula is C13H11BrCl2S. The first-order valence-corrected chi connectivity index (χ1v) is 7.63. The Morgan fingerprint density at radius 2 is 2.12 bits per heavy atom. The van der Waals surface area contributed by atoms with E-state index < -0.39 is 0 Å². The number of hydrogen-bond donors (Lipinski definition) is 0. The van der Waals surface area contributed by atoms with Gasteiger partial charge < -0.3 is 0 Å². The van der Waals surface area contributed by atoms with Crippen molar-refractivity contribution in [3.63, 3.8) is 0 Å². The standard InChI is InChI=1S/C13H11BrCl2S/c1-8-11(7-13(14)17-8)12(16)6-9-3-2-4-10(15)5-9/h2-5,7,12H,6H2,1H3. The molecule has 0 fully saturated rings. The first-order valence-electron chi connectivity index (χ1n) is 5.20. The number of aryl methyl sites for hydroxylation is 1. The zero-order chi connectivity index (χ0) is 12.4. The second-order valence-corrected chi connectivity index (χ2v) is 7.46. The molecule has 0 aliphatic heterocycles. The molecule has 0 spiro atoms. The molecule has 1 heterocycles. The minimum atomic E-state index is -0.00369. The van der Waals surface area contributed by atoms with Gasteiger partial charge in [-0.15, -0.1) is 22.9 Å². The van der Waals surface area contributed by atoms with Crippen molar-refractivity contribution in [1.82, 2.24) is 0 Å². The Labute approximate surface area is 124 Å². The molecule has 0 amide bonds. The van der Waals surface area contributed by atoms with Crippen molar-refractivity contribution < 1.29 is 0 Å². The topological polar surface area (TPSA) is 0 Å². The lowest BCUT2D eigenvalue weighted by atomic mass is 10.0. The fourth-order valence-corrected chi connectivity index (χ4v) is 4.21. The number of halogens is 3. The molecule has 0 nitrogen and oxygen atoms in total. The maximum atomic E-state index is 6.45. The number of thiophene rings is 1. The van der Waals surface area contributed by atoms with Crippen molar-refractivity contribution in [2.45, 2.75) is 18.7 Å². The molecule has 0 saturated heterocycles. The van der Waals surface area contributed by atoms with Gasteiger partial charge in [0.2, 0.25) is 0 Å². The van der Waals surface area contributed by atoms with E-state index in [4.69, 9.17) is 23.2 Å². The molecule has 1 aromatic carbocycles. The highest BCUT2D eigenvalue weighted by Gasteiger charge is 2.14. The minimum absolute atomic E-state index is 0.00369. The highest BCUT2D eigenvalue weighted by atomic mass is 79.9. The summed E-state index contributed by atoms with van der Waals surface area (Å²) in [5.41, 5.74) is 2.36. The molecule has 2 aromatic rings. The summed E-state index contributed by atoms with van der Waals surface area (Å²) in [4.78, 5) is 1.26. The minimum Gasteiger partial charge on any atom is -0.133 e. The van der Waals surface area contributed by atoms with E-state index >= 15 is 0 Å². The van der Waals surface area contributed by atoms with Crippen molar-refractivity contribution in [3.05, 3.63) is 55.1 Å². The van der Waals surface area contributed by atoms with E-state index in [1.165, 1.54) is 16.0 Å². The predicted octanol–water partition coefficient (Wildman–Crippen LogP) is 6.00. The molecule has 90 valence electrons. The summed E-state index contributed by atoms with van der Waals surface area (Å²) in [7, 11) is 0. The fraction of sp³-hybridized carbons (Fsp3) is 0.231. The Morgan fingerprint density at radius 1 is 1.35 bits per heavy atom. The Bertz CT molecular complexity index is 522. The number of rotatable bonds is 3. The maximum Gasteiger partial charge on any atom is 0.0704 e. The van der Waals surface area contributed by atoms with Crippen LogP contribution < -0.4 is 0 Å². The first-order chi connectivity index (χ1) is 8.06. The largest absolute Gasteiger partial charge is 0.133 e. The summed E-state index contributed by atoms with van der Waals surface area (Å²) in [5.74, 6) is 0. The third kappa shape index (κ3) is 3.47. The SMILES string of the molecule is Cc1sc(Br)cc1C(Cl)Cc1cccc(Cl)c1. The first kappa shape index (κ1) is 13.4. The van der Waals surface area contributed by atoms with E-state index in [2.05, 4.69) is 35.0 Å². The van der Waals surface area contributed by atoms with Crippen LogP contribution in [-0.4, -0.2) is 0 Å². The van der Waals surface area contributed by atoms with E-state index in [1.807, 2.05) is 18.2 Å². The van der Waals surface area contributed by atoms with Crippen LogP contribution in [0.15, 0.2) is 34.1 Å². The van der Waals surface area contributed by atoms with Gasteiger partial charge in [-0.25, -0.2) is 0 Å². The van der Waals surface area contributed by atoms with Crippen LogP contribution in [0, 0.1) is 6.92 Å². The molecule has 0 N–H and O–H groups in total. The van der Waals surface area contributed by atoms with Gasteiger partial charge in [-0.2, -0.15) is 0 Å². The lowest BCUT2D eigenvalue weighted by Crippen LogP contribution is -1.95. The molecule has 1 aromatic heterocycles.